The summed E-state index contributed by atoms with van der Waals surface area (Å²) in [5, 5.41) is 0. The molecule has 2 rings (SSSR count). The number of hydrogen-bond donors (Lipinski definition) is 0. The first-order valence-corrected chi connectivity index (χ1v) is 10.2. The Morgan fingerprint density at radius 2 is 1.67 bits per heavy atom. The van der Waals surface area contributed by atoms with E-state index in [0.717, 1.165) is 0 Å². The van der Waals surface area contributed by atoms with Crippen LogP contribution in [0.15, 0.2) is 42.6 Å². The number of carbonyl (C=O) groups is 1. The first-order chi connectivity index (χ1) is 11.0. The molecular formula is C15H10Br3O5S-. The van der Waals surface area contributed by atoms with E-state index in [1.807, 2.05) is 0 Å². The lowest BCUT2D eigenvalue weighted by atomic mass is 10.1. The van der Waals surface area contributed by atoms with Gasteiger partial charge in [-0.2, -0.15) is 0 Å². The fourth-order valence-electron chi connectivity index (χ4n) is 2.00. The summed E-state index contributed by atoms with van der Waals surface area (Å²) in [5.41, 5.74) is 0.871. The maximum absolute atomic E-state index is 12.4. The second kappa shape index (κ2) is 7.25. The highest BCUT2D eigenvalue weighted by molar-refractivity contribution is 9.13. The van der Waals surface area contributed by atoms with Gasteiger partial charge in [0.1, 0.15) is 15.9 Å². The molecule has 128 valence electrons. The minimum absolute atomic E-state index is 0.188. The van der Waals surface area contributed by atoms with Crippen LogP contribution in [-0.2, 0) is 10.1 Å². The van der Waals surface area contributed by atoms with Crippen molar-refractivity contribution in [3.05, 3.63) is 54.4 Å². The molecule has 9 heteroatoms. The van der Waals surface area contributed by atoms with Gasteiger partial charge in [0.2, 0.25) is 0 Å². The molecule has 24 heavy (non-hydrogen) atoms. The maximum atomic E-state index is 12.4. The zero-order valence-electron chi connectivity index (χ0n) is 12.4. The molecule has 0 heterocycles. The number of esters is 1. The number of hydrogen-bond acceptors (Lipinski definition) is 5. The van der Waals surface area contributed by atoms with E-state index in [9.17, 15) is 17.8 Å². The average Bonchev–Trinajstić information content (AvgIpc) is 2.45. The summed E-state index contributed by atoms with van der Waals surface area (Å²) in [6.07, 6.45) is 0. The number of rotatable bonds is 3. The topological polar surface area (TPSA) is 83.5 Å². The van der Waals surface area contributed by atoms with Gasteiger partial charge in [0.25, 0.3) is 0 Å². The average molecular weight is 542 g/mol. The molecule has 0 atom stereocenters. The molecule has 0 amide bonds. The third-order valence-electron chi connectivity index (χ3n) is 3.16. The first kappa shape index (κ1) is 19.6. The van der Waals surface area contributed by atoms with Crippen LogP contribution in [0.2, 0.25) is 0 Å². The van der Waals surface area contributed by atoms with Gasteiger partial charge >= 0.3 is 5.97 Å². The molecule has 0 radical (unpaired) electrons. The fourth-order valence-corrected chi connectivity index (χ4v) is 4.39. The monoisotopic (exact) mass is 539 g/mol. The zero-order chi connectivity index (χ0) is 18.2. The first-order valence-electron chi connectivity index (χ1n) is 6.44. The summed E-state index contributed by atoms with van der Waals surface area (Å²) in [7, 11) is -4.58. The quantitative estimate of drug-likeness (QED) is 0.243. The molecule has 0 aliphatic rings. The van der Waals surface area contributed by atoms with Crippen molar-refractivity contribution in [3.63, 3.8) is 0 Å². The van der Waals surface area contributed by atoms with Crippen LogP contribution < -0.4 is 4.74 Å². The minimum atomic E-state index is -4.58. The van der Waals surface area contributed by atoms with Crippen LogP contribution in [0.4, 0.5) is 0 Å². The van der Waals surface area contributed by atoms with Crippen molar-refractivity contribution in [3.8, 4) is 5.75 Å². The predicted molar refractivity (Wildman–Crippen MR) is 98.4 cm³/mol. The molecule has 0 fully saturated rings. The predicted octanol–water partition coefficient (Wildman–Crippen LogP) is 4.71. The molecule has 0 aliphatic heterocycles. The van der Waals surface area contributed by atoms with Crippen molar-refractivity contribution < 1.29 is 22.5 Å². The van der Waals surface area contributed by atoms with Crippen LogP contribution in [0.3, 0.4) is 0 Å². The Morgan fingerprint density at radius 3 is 2.25 bits per heavy atom. The fraction of sp³-hybridized carbons (Fsp3) is 0.133. The van der Waals surface area contributed by atoms with Gasteiger partial charge in [-0.15, -0.1) is 0 Å². The minimum Gasteiger partial charge on any atom is -0.744 e. The SMILES string of the molecule is Cc1cc(S(=O)(=O)[O-])c(C)cc1OC(=O)c1cc(Br)cc(Br)c1Br. The number of aryl methyl sites for hydroxylation is 2. The van der Waals surface area contributed by atoms with Crippen molar-refractivity contribution in [2.24, 2.45) is 0 Å². The van der Waals surface area contributed by atoms with Crippen molar-refractivity contribution in [1.29, 1.82) is 0 Å². The normalized spacial score (nSPS) is 11.4. The smallest absolute Gasteiger partial charge is 0.344 e. The lowest BCUT2D eigenvalue weighted by Crippen LogP contribution is -2.11. The Morgan fingerprint density at radius 1 is 1.04 bits per heavy atom. The molecule has 0 saturated heterocycles. The Balaban J connectivity index is 2.42. The largest absolute Gasteiger partial charge is 0.744 e. The molecule has 0 aliphatic carbocycles. The van der Waals surface area contributed by atoms with E-state index in [1.54, 1.807) is 19.1 Å². The van der Waals surface area contributed by atoms with Gasteiger partial charge in [0.15, 0.2) is 0 Å². The van der Waals surface area contributed by atoms with Crippen LogP contribution >= 0.6 is 47.8 Å². The molecule has 2 aromatic rings. The van der Waals surface area contributed by atoms with E-state index in [1.165, 1.54) is 19.1 Å². The van der Waals surface area contributed by atoms with Crippen LogP contribution in [0.1, 0.15) is 21.5 Å². The van der Waals surface area contributed by atoms with E-state index in [0.29, 0.717) is 19.0 Å². The highest BCUT2D eigenvalue weighted by Crippen LogP contribution is 2.32. The number of ether oxygens (including phenoxy) is 1. The lowest BCUT2D eigenvalue weighted by Gasteiger charge is -2.15. The van der Waals surface area contributed by atoms with Crippen molar-refractivity contribution in [1.82, 2.24) is 0 Å². The van der Waals surface area contributed by atoms with Crippen molar-refractivity contribution in [2.75, 3.05) is 0 Å². The molecule has 0 bridgehead atoms. The molecule has 0 N–H and O–H groups in total. The van der Waals surface area contributed by atoms with Crippen LogP contribution in [-0.4, -0.2) is 18.9 Å². The molecule has 0 spiro atoms. The van der Waals surface area contributed by atoms with Gasteiger partial charge in [0, 0.05) is 13.4 Å². The second-order valence-corrected chi connectivity index (χ2v) is 8.89. The Labute approximate surface area is 164 Å². The number of benzene rings is 2. The maximum Gasteiger partial charge on any atom is 0.344 e. The van der Waals surface area contributed by atoms with E-state index in [-0.39, 0.29) is 21.8 Å². The van der Waals surface area contributed by atoms with Crippen molar-refractivity contribution >= 4 is 63.9 Å². The number of carbonyl (C=O) groups excluding carboxylic acids is 1. The Kier molecular flexibility index (Phi) is 5.91. The molecule has 0 unspecified atom stereocenters. The highest BCUT2D eigenvalue weighted by atomic mass is 79.9. The van der Waals surface area contributed by atoms with E-state index in [4.69, 9.17) is 4.74 Å². The summed E-state index contributed by atoms with van der Waals surface area (Å²) in [4.78, 5) is 12.1. The summed E-state index contributed by atoms with van der Waals surface area (Å²) < 4.78 is 40.9. The van der Waals surface area contributed by atoms with Crippen LogP contribution in [0.5, 0.6) is 5.75 Å². The lowest BCUT2D eigenvalue weighted by molar-refractivity contribution is 0.0732. The van der Waals surface area contributed by atoms with Gasteiger partial charge < -0.3 is 9.29 Å². The summed E-state index contributed by atoms with van der Waals surface area (Å²) in [6.45, 7) is 3.02. The molecule has 2 aromatic carbocycles. The molecule has 0 saturated carbocycles. The van der Waals surface area contributed by atoms with Gasteiger partial charge in [-0.25, -0.2) is 13.2 Å². The van der Waals surface area contributed by atoms with Gasteiger partial charge in [-0.3, -0.25) is 0 Å². The van der Waals surface area contributed by atoms with Crippen LogP contribution in [0.25, 0.3) is 0 Å². The zero-order valence-corrected chi connectivity index (χ0v) is 18.0. The van der Waals surface area contributed by atoms with E-state index >= 15 is 0 Å². The molecule has 0 aromatic heterocycles. The van der Waals surface area contributed by atoms with E-state index in [2.05, 4.69) is 47.8 Å². The summed E-state index contributed by atoms with van der Waals surface area (Å²) in [5.74, 6) is -0.433. The van der Waals surface area contributed by atoms with Crippen LogP contribution in [0, 0.1) is 13.8 Å². The second-order valence-electron chi connectivity index (χ2n) is 4.98. The highest BCUT2D eigenvalue weighted by Gasteiger charge is 2.18. The van der Waals surface area contributed by atoms with Gasteiger partial charge in [-0.05, 0) is 81.1 Å². The summed E-state index contributed by atoms with van der Waals surface area (Å²) in [6, 6.07) is 5.92. The van der Waals surface area contributed by atoms with Crippen molar-refractivity contribution in [2.45, 2.75) is 18.7 Å². The van der Waals surface area contributed by atoms with Gasteiger partial charge in [0.05, 0.1) is 10.5 Å². The third kappa shape index (κ3) is 4.26. The molecule has 5 nitrogen and oxygen atoms in total. The summed E-state index contributed by atoms with van der Waals surface area (Å²) >= 11 is 9.93. The number of halogens is 3. The Bertz CT molecular complexity index is 939. The Hall–Kier alpha value is -0.740. The van der Waals surface area contributed by atoms with Gasteiger partial charge in [-0.1, -0.05) is 15.9 Å². The third-order valence-corrected chi connectivity index (χ3v) is 6.61. The molecular weight excluding hydrogens is 532 g/mol. The van der Waals surface area contributed by atoms with E-state index < -0.39 is 16.1 Å². The standard InChI is InChI=1S/C15H11Br3O5S/c1-7-4-13(24(20,21)22)8(2)3-12(7)23-15(19)10-5-9(16)6-11(17)14(10)18/h3-6H,1-2H3,(H,20,21,22)/p-1.